The number of para-hydroxylation sites is 1. The highest BCUT2D eigenvalue weighted by Gasteiger charge is 2.25. The lowest BCUT2D eigenvalue weighted by Crippen LogP contribution is -2.36. The van der Waals surface area contributed by atoms with Gasteiger partial charge >= 0.3 is 0 Å². The highest BCUT2D eigenvalue weighted by Crippen LogP contribution is 2.25. The van der Waals surface area contributed by atoms with E-state index in [-0.39, 0.29) is 36.9 Å². The Kier molecular flexibility index (Phi) is 7.31. The number of halogens is 2. The third kappa shape index (κ3) is 6.45. The Labute approximate surface area is 184 Å². The van der Waals surface area contributed by atoms with E-state index in [0.717, 1.165) is 12.8 Å². The van der Waals surface area contributed by atoms with E-state index in [0.29, 0.717) is 27.0 Å². The summed E-state index contributed by atoms with van der Waals surface area (Å²) in [6.07, 6.45) is 1.96. The Morgan fingerprint density at radius 1 is 0.967 bits per heavy atom. The summed E-state index contributed by atoms with van der Waals surface area (Å²) in [4.78, 5) is 38.5. The van der Waals surface area contributed by atoms with Crippen molar-refractivity contribution in [2.24, 2.45) is 0 Å². The summed E-state index contributed by atoms with van der Waals surface area (Å²) in [5, 5.41) is 9.10. The van der Waals surface area contributed by atoms with Gasteiger partial charge in [-0.15, -0.1) is 0 Å². The van der Waals surface area contributed by atoms with Gasteiger partial charge in [-0.25, -0.2) is 0 Å². The molecule has 2 aromatic rings. The first kappa shape index (κ1) is 22.1. The minimum absolute atomic E-state index is 0.00250. The fourth-order valence-electron chi connectivity index (χ4n) is 2.79. The first-order valence-electron chi connectivity index (χ1n) is 9.45. The lowest BCUT2D eigenvalue weighted by molar-refractivity contribution is -0.119. The topological polar surface area (TPSA) is 90.5 Å². The summed E-state index contributed by atoms with van der Waals surface area (Å²) in [6.45, 7) is -0.0230. The van der Waals surface area contributed by atoms with Crippen LogP contribution in [-0.4, -0.2) is 48.8 Å². The number of nitrogens with one attached hydrogen (secondary N) is 3. The van der Waals surface area contributed by atoms with Crippen LogP contribution < -0.4 is 16.0 Å². The molecule has 2 aromatic carbocycles. The molecule has 30 heavy (non-hydrogen) atoms. The Balaban J connectivity index is 1.51. The molecule has 0 unspecified atom stereocenters. The van der Waals surface area contributed by atoms with Gasteiger partial charge in [0.1, 0.15) is 0 Å². The van der Waals surface area contributed by atoms with Crippen molar-refractivity contribution in [3.63, 3.8) is 0 Å². The molecule has 3 amide bonds. The zero-order valence-electron chi connectivity index (χ0n) is 16.4. The molecule has 0 bridgehead atoms. The number of amides is 3. The predicted molar refractivity (Wildman–Crippen MR) is 118 cm³/mol. The van der Waals surface area contributed by atoms with Crippen LogP contribution in [0.2, 0.25) is 10.0 Å². The number of carbonyl (C=O) groups excluding carboxylic acids is 3. The van der Waals surface area contributed by atoms with Gasteiger partial charge in [-0.05, 0) is 50.2 Å². The van der Waals surface area contributed by atoms with Crippen LogP contribution in [0.15, 0.2) is 42.5 Å². The number of likely N-dealkylation sites (N-methyl/N-ethyl adjacent to an activating group) is 1. The standard InChI is InChI=1S/C21H22Cl2N4O3/c1-27(11-19(28)24-14-8-9-16(22)17(23)10-14)12-20(29)26-18-5-3-2-4-15(18)21(30)25-13-6-7-13/h2-5,8-10,13H,6-7,11-12H2,1H3,(H,24,28)(H,25,30)(H,26,29). The molecule has 7 nitrogen and oxygen atoms in total. The quantitative estimate of drug-likeness (QED) is 0.576. The molecule has 1 fully saturated rings. The molecule has 0 atom stereocenters. The fraction of sp³-hybridized carbons (Fsp3) is 0.286. The molecular weight excluding hydrogens is 427 g/mol. The molecular formula is C21H22Cl2N4O3. The number of hydrogen-bond acceptors (Lipinski definition) is 4. The smallest absolute Gasteiger partial charge is 0.253 e. The van der Waals surface area contributed by atoms with Gasteiger partial charge in [-0.2, -0.15) is 0 Å². The molecule has 1 aliphatic carbocycles. The van der Waals surface area contributed by atoms with E-state index in [1.165, 1.54) is 0 Å². The number of benzene rings is 2. The second-order valence-electron chi connectivity index (χ2n) is 7.19. The van der Waals surface area contributed by atoms with Crippen molar-refractivity contribution >= 4 is 52.3 Å². The van der Waals surface area contributed by atoms with Crippen LogP contribution in [0, 0.1) is 0 Å². The second-order valence-corrected chi connectivity index (χ2v) is 8.01. The van der Waals surface area contributed by atoms with Gasteiger partial charge < -0.3 is 16.0 Å². The van der Waals surface area contributed by atoms with E-state index in [2.05, 4.69) is 16.0 Å². The van der Waals surface area contributed by atoms with Crippen molar-refractivity contribution in [3.05, 3.63) is 58.1 Å². The van der Waals surface area contributed by atoms with Gasteiger partial charge in [0.2, 0.25) is 11.8 Å². The molecule has 3 N–H and O–H groups in total. The molecule has 0 radical (unpaired) electrons. The number of anilines is 2. The van der Waals surface area contributed by atoms with Crippen molar-refractivity contribution in [1.29, 1.82) is 0 Å². The number of carbonyl (C=O) groups is 3. The highest BCUT2D eigenvalue weighted by atomic mass is 35.5. The van der Waals surface area contributed by atoms with E-state index in [1.807, 2.05) is 0 Å². The fourth-order valence-corrected chi connectivity index (χ4v) is 3.09. The van der Waals surface area contributed by atoms with Crippen molar-refractivity contribution in [1.82, 2.24) is 10.2 Å². The SMILES string of the molecule is CN(CC(=O)Nc1ccc(Cl)c(Cl)c1)CC(=O)Nc1ccccc1C(=O)NC1CC1. The number of rotatable bonds is 8. The van der Waals surface area contributed by atoms with Crippen LogP contribution in [0.1, 0.15) is 23.2 Å². The molecule has 3 rings (SSSR count). The van der Waals surface area contributed by atoms with Gasteiger partial charge in [0, 0.05) is 11.7 Å². The molecule has 0 aliphatic heterocycles. The van der Waals surface area contributed by atoms with Crippen LogP contribution in [0.5, 0.6) is 0 Å². The maximum absolute atomic E-state index is 12.4. The molecule has 9 heteroatoms. The normalized spacial score (nSPS) is 13.1. The minimum atomic E-state index is -0.327. The van der Waals surface area contributed by atoms with E-state index in [9.17, 15) is 14.4 Å². The average Bonchev–Trinajstić information content (AvgIpc) is 3.48. The van der Waals surface area contributed by atoms with Gasteiger partial charge in [0.25, 0.3) is 5.91 Å². The third-order valence-electron chi connectivity index (χ3n) is 4.39. The number of hydrogen-bond donors (Lipinski definition) is 3. The van der Waals surface area contributed by atoms with Crippen molar-refractivity contribution in [2.45, 2.75) is 18.9 Å². The summed E-state index contributed by atoms with van der Waals surface area (Å²) in [5.41, 5.74) is 1.37. The van der Waals surface area contributed by atoms with Gasteiger partial charge in [0.15, 0.2) is 0 Å². The molecule has 0 saturated heterocycles. The van der Waals surface area contributed by atoms with Crippen molar-refractivity contribution < 1.29 is 14.4 Å². The van der Waals surface area contributed by atoms with Gasteiger partial charge in [0.05, 0.1) is 34.4 Å². The van der Waals surface area contributed by atoms with Gasteiger partial charge in [-0.1, -0.05) is 35.3 Å². The number of nitrogens with zero attached hydrogens (tertiary/aromatic N) is 1. The lowest BCUT2D eigenvalue weighted by Gasteiger charge is -2.17. The van der Waals surface area contributed by atoms with Crippen LogP contribution >= 0.6 is 23.2 Å². The zero-order valence-corrected chi connectivity index (χ0v) is 17.9. The predicted octanol–water partition coefficient (Wildman–Crippen LogP) is 3.39. The van der Waals surface area contributed by atoms with Crippen LogP contribution in [-0.2, 0) is 9.59 Å². The van der Waals surface area contributed by atoms with E-state index in [1.54, 1.807) is 54.4 Å². The molecule has 0 spiro atoms. The summed E-state index contributed by atoms with van der Waals surface area (Å²) in [6, 6.07) is 11.8. The molecule has 1 aliphatic rings. The Morgan fingerprint density at radius 3 is 2.30 bits per heavy atom. The summed E-state index contributed by atoms with van der Waals surface area (Å²) in [7, 11) is 1.65. The summed E-state index contributed by atoms with van der Waals surface area (Å²) < 4.78 is 0. The molecule has 0 heterocycles. The maximum Gasteiger partial charge on any atom is 0.253 e. The molecule has 0 aromatic heterocycles. The van der Waals surface area contributed by atoms with E-state index >= 15 is 0 Å². The van der Waals surface area contributed by atoms with Crippen molar-refractivity contribution in [2.75, 3.05) is 30.8 Å². The second kappa shape index (κ2) is 9.93. The zero-order chi connectivity index (χ0) is 21.7. The Bertz CT molecular complexity index is 963. The minimum Gasteiger partial charge on any atom is -0.349 e. The maximum atomic E-state index is 12.4. The van der Waals surface area contributed by atoms with Crippen LogP contribution in [0.3, 0.4) is 0 Å². The van der Waals surface area contributed by atoms with Crippen molar-refractivity contribution in [3.8, 4) is 0 Å². The first-order valence-corrected chi connectivity index (χ1v) is 10.2. The molecule has 1 saturated carbocycles. The van der Waals surface area contributed by atoms with Crippen LogP contribution in [0.25, 0.3) is 0 Å². The van der Waals surface area contributed by atoms with Crippen LogP contribution in [0.4, 0.5) is 11.4 Å². The lowest BCUT2D eigenvalue weighted by atomic mass is 10.1. The largest absolute Gasteiger partial charge is 0.349 e. The highest BCUT2D eigenvalue weighted by molar-refractivity contribution is 6.42. The van der Waals surface area contributed by atoms with E-state index < -0.39 is 0 Å². The van der Waals surface area contributed by atoms with E-state index in [4.69, 9.17) is 23.2 Å². The first-order chi connectivity index (χ1) is 14.3. The molecule has 158 valence electrons. The summed E-state index contributed by atoms with van der Waals surface area (Å²) in [5.74, 6) is -0.831. The Hall–Kier alpha value is -2.61. The Morgan fingerprint density at radius 2 is 1.63 bits per heavy atom. The average molecular weight is 449 g/mol. The third-order valence-corrected chi connectivity index (χ3v) is 5.13. The summed E-state index contributed by atoms with van der Waals surface area (Å²) >= 11 is 11.8. The van der Waals surface area contributed by atoms with Gasteiger partial charge in [-0.3, -0.25) is 19.3 Å². The monoisotopic (exact) mass is 448 g/mol.